The van der Waals surface area contributed by atoms with Gasteiger partial charge < -0.3 is 15.1 Å². The monoisotopic (exact) mass is 346 g/mol. The van der Waals surface area contributed by atoms with Gasteiger partial charge in [0, 0.05) is 31.7 Å². The van der Waals surface area contributed by atoms with E-state index in [2.05, 4.69) is 15.2 Å². The lowest BCUT2D eigenvalue weighted by Crippen LogP contribution is -2.45. The molecular weight excluding hydrogens is 330 g/mol. The third-order valence-corrected chi connectivity index (χ3v) is 4.00. The minimum atomic E-state index is -1.08. The van der Waals surface area contributed by atoms with Crippen LogP contribution in [0.25, 0.3) is 0 Å². The maximum atomic E-state index is 13.2. The number of nitrogens with one attached hydrogen (secondary N) is 1. The molecule has 0 bridgehead atoms. The van der Waals surface area contributed by atoms with Crippen molar-refractivity contribution < 1.29 is 18.4 Å². The van der Waals surface area contributed by atoms with Crippen LogP contribution >= 0.6 is 0 Å². The maximum absolute atomic E-state index is 13.2. The predicted octanol–water partition coefficient (Wildman–Crippen LogP) is 1.89. The van der Waals surface area contributed by atoms with Crippen LogP contribution in [0.15, 0.2) is 36.5 Å². The summed E-state index contributed by atoms with van der Waals surface area (Å²) in [6.45, 7) is 2.72. The predicted molar refractivity (Wildman–Crippen MR) is 88.4 cm³/mol. The summed E-state index contributed by atoms with van der Waals surface area (Å²) in [6.07, 6.45) is 2.46. The second-order valence-electron chi connectivity index (χ2n) is 5.61. The summed E-state index contributed by atoms with van der Waals surface area (Å²) in [7, 11) is 0. The van der Waals surface area contributed by atoms with E-state index in [9.17, 15) is 18.4 Å². The van der Waals surface area contributed by atoms with Crippen LogP contribution in [0.1, 0.15) is 10.4 Å². The molecule has 0 aliphatic carbocycles. The first kappa shape index (κ1) is 16.8. The van der Waals surface area contributed by atoms with E-state index in [-0.39, 0.29) is 5.56 Å². The zero-order valence-corrected chi connectivity index (χ0v) is 13.3. The molecule has 130 valence electrons. The molecule has 3 rings (SSSR count). The van der Waals surface area contributed by atoms with Crippen molar-refractivity contribution in [1.29, 1.82) is 0 Å². The number of anilines is 2. The van der Waals surface area contributed by atoms with Gasteiger partial charge in [-0.2, -0.15) is 0 Å². The van der Waals surface area contributed by atoms with Crippen molar-refractivity contribution >= 4 is 23.8 Å². The Hall–Kier alpha value is -3.03. The molecule has 1 fully saturated rings. The lowest BCUT2D eigenvalue weighted by atomic mass is 10.2. The van der Waals surface area contributed by atoms with Crippen LogP contribution < -0.4 is 10.2 Å². The zero-order valence-electron chi connectivity index (χ0n) is 13.3. The number of piperazine rings is 1. The Morgan fingerprint density at radius 3 is 2.44 bits per heavy atom. The first-order valence-corrected chi connectivity index (χ1v) is 7.73. The molecule has 0 radical (unpaired) electrons. The van der Waals surface area contributed by atoms with Crippen LogP contribution in [0.5, 0.6) is 0 Å². The van der Waals surface area contributed by atoms with Crippen LogP contribution in [0, 0.1) is 11.6 Å². The number of nitrogens with zero attached hydrogens (tertiary/aromatic N) is 3. The molecule has 8 heteroatoms. The van der Waals surface area contributed by atoms with Gasteiger partial charge in [-0.1, -0.05) is 0 Å². The van der Waals surface area contributed by atoms with Gasteiger partial charge in [0.05, 0.1) is 11.9 Å². The Kier molecular flexibility index (Phi) is 4.87. The highest BCUT2D eigenvalue weighted by Crippen LogP contribution is 2.17. The smallest absolute Gasteiger partial charge is 0.256 e. The van der Waals surface area contributed by atoms with E-state index in [1.165, 1.54) is 6.07 Å². The van der Waals surface area contributed by atoms with Crippen molar-refractivity contribution in [2.45, 2.75) is 0 Å². The molecule has 1 N–H and O–H groups in total. The van der Waals surface area contributed by atoms with E-state index in [1.807, 2.05) is 6.07 Å². The summed E-state index contributed by atoms with van der Waals surface area (Å²) in [5.41, 5.74) is 0.895. The van der Waals surface area contributed by atoms with Crippen molar-refractivity contribution in [2.24, 2.45) is 0 Å². The number of carbonyl (C=O) groups excluding carboxylic acids is 2. The molecule has 1 saturated heterocycles. The fourth-order valence-corrected chi connectivity index (χ4v) is 2.56. The molecule has 1 aliphatic rings. The Bertz CT molecular complexity index is 775. The third-order valence-electron chi connectivity index (χ3n) is 4.00. The molecule has 0 atom stereocenters. The standard InChI is InChI=1S/C17H16F2N4O2/c18-14-3-1-12(9-15(14)19)17(25)21-16-4-2-13(10-20-16)23-7-5-22(11-24)6-8-23/h1-4,9-11H,5-8H2,(H,20,21,25). The Morgan fingerprint density at radius 2 is 1.84 bits per heavy atom. The minimum absolute atomic E-state index is 0.00904. The van der Waals surface area contributed by atoms with Crippen molar-refractivity contribution in [3.05, 3.63) is 53.7 Å². The average molecular weight is 346 g/mol. The van der Waals surface area contributed by atoms with Crippen molar-refractivity contribution in [3.8, 4) is 0 Å². The van der Waals surface area contributed by atoms with E-state index in [4.69, 9.17) is 0 Å². The van der Waals surface area contributed by atoms with Crippen LogP contribution in [0.4, 0.5) is 20.3 Å². The second-order valence-corrected chi connectivity index (χ2v) is 5.61. The van der Waals surface area contributed by atoms with E-state index in [0.29, 0.717) is 32.0 Å². The highest BCUT2D eigenvalue weighted by molar-refractivity contribution is 6.03. The number of rotatable bonds is 4. The van der Waals surface area contributed by atoms with Crippen LogP contribution in [0.3, 0.4) is 0 Å². The Balaban J connectivity index is 1.63. The van der Waals surface area contributed by atoms with Crippen molar-refractivity contribution in [1.82, 2.24) is 9.88 Å². The molecule has 1 aliphatic heterocycles. The number of amides is 2. The Labute approximate surface area is 143 Å². The molecule has 6 nitrogen and oxygen atoms in total. The third kappa shape index (κ3) is 3.90. The molecule has 1 aromatic carbocycles. The van der Waals surface area contributed by atoms with Gasteiger partial charge in [0.2, 0.25) is 6.41 Å². The summed E-state index contributed by atoms with van der Waals surface area (Å²) < 4.78 is 26.1. The fraction of sp³-hybridized carbons (Fsp3) is 0.235. The van der Waals surface area contributed by atoms with Crippen molar-refractivity contribution in [3.63, 3.8) is 0 Å². The number of hydrogen-bond donors (Lipinski definition) is 1. The highest BCUT2D eigenvalue weighted by Gasteiger charge is 2.16. The molecular formula is C17H16F2N4O2. The normalized spacial score (nSPS) is 14.3. The molecule has 0 spiro atoms. The molecule has 2 heterocycles. The number of pyridine rings is 1. The van der Waals surface area contributed by atoms with E-state index in [1.54, 1.807) is 17.2 Å². The van der Waals surface area contributed by atoms with E-state index in [0.717, 1.165) is 24.2 Å². The van der Waals surface area contributed by atoms with Gasteiger partial charge in [-0.3, -0.25) is 9.59 Å². The van der Waals surface area contributed by atoms with E-state index >= 15 is 0 Å². The number of aromatic nitrogens is 1. The van der Waals surface area contributed by atoms with Gasteiger partial charge in [-0.25, -0.2) is 13.8 Å². The van der Waals surface area contributed by atoms with E-state index < -0.39 is 17.5 Å². The van der Waals surface area contributed by atoms with Crippen LogP contribution in [-0.2, 0) is 4.79 Å². The summed E-state index contributed by atoms with van der Waals surface area (Å²) >= 11 is 0. The molecule has 0 saturated carbocycles. The summed E-state index contributed by atoms with van der Waals surface area (Å²) in [5.74, 6) is -2.34. The SMILES string of the molecule is O=CN1CCN(c2ccc(NC(=O)c3ccc(F)c(F)c3)nc2)CC1. The fourth-order valence-electron chi connectivity index (χ4n) is 2.56. The van der Waals surface area contributed by atoms with Gasteiger partial charge in [-0.15, -0.1) is 0 Å². The number of benzene rings is 1. The minimum Gasteiger partial charge on any atom is -0.367 e. The van der Waals surface area contributed by atoms with Gasteiger partial charge in [0.1, 0.15) is 5.82 Å². The van der Waals surface area contributed by atoms with Crippen LogP contribution in [-0.4, -0.2) is 48.4 Å². The Morgan fingerprint density at radius 1 is 1.08 bits per heavy atom. The highest BCUT2D eigenvalue weighted by atomic mass is 19.2. The second kappa shape index (κ2) is 7.25. The van der Waals surface area contributed by atoms with Gasteiger partial charge in [-0.05, 0) is 30.3 Å². The lowest BCUT2D eigenvalue weighted by molar-refractivity contribution is -0.118. The average Bonchev–Trinajstić information content (AvgIpc) is 2.64. The largest absolute Gasteiger partial charge is 0.367 e. The molecule has 1 aromatic heterocycles. The molecule has 2 amide bonds. The van der Waals surface area contributed by atoms with Gasteiger partial charge >= 0.3 is 0 Å². The van der Waals surface area contributed by atoms with Crippen molar-refractivity contribution in [2.75, 3.05) is 36.4 Å². The first-order chi connectivity index (χ1) is 12.1. The molecule has 25 heavy (non-hydrogen) atoms. The number of carbonyl (C=O) groups is 2. The summed E-state index contributed by atoms with van der Waals surface area (Å²) in [4.78, 5) is 30.7. The first-order valence-electron chi connectivity index (χ1n) is 7.73. The number of halogens is 2. The van der Waals surface area contributed by atoms with Crippen LogP contribution in [0.2, 0.25) is 0 Å². The molecule has 2 aromatic rings. The topological polar surface area (TPSA) is 65.5 Å². The van der Waals surface area contributed by atoms with Gasteiger partial charge in [0.25, 0.3) is 5.91 Å². The zero-order chi connectivity index (χ0) is 17.8. The summed E-state index contributed by atoms with van der Waals surface area (Å²) in [6, 6.07) is 6.39. The lowest BCUT2D eigenvalue weighted by Gasteiger charge is -2.33. The summed E-state index contributed by atoms with van der Waals surface area (Å²) in [5, 5.41) is 2.54. The van der Waals surface area contributed by atoms with Gasteiger partial charge in [0.15, 0.2) is 11.6 Å². The quantitative estimate of drug-likeness (QED) is 0.859. The maximum Gasteiger partial charge on any atom is 0.256 e. The number of hydrogen-bond acceptors (Lipinski definition) is 4. The molecule has 0 unspecified atom stereocenters.